The highest BCUT2D eigenvalue weighted by molar-refractivity contribution is 6.76. The van der Waals surface area contributed by atoms with E-state index in [0.29, 0.717) is 6.42 Å². The molecule has 3 nitrogen and oxygen atoms in total. The van der Waals surface area contributed by atoms with E-state index in [1.807, 2.05) is 0 Å². The summed E-state index contributed by atoms with van der Waals surface area (Å²) >= 11 is 0. The minimum absolute atomic E-state index is 0.205. The second-order valence-corrected chi connectivity index (χ2v) is 10.0. The number of ether oxygens (including phenoxy) is 1. The van der Waals surface area contributed by atoms with E-state index in [0.717, 1.165) is 6.17 Å². The SMILES string of the molecule is C=CCC(NC[Si](C)(C)C)C(=O)OC. The van der Waals surface area contributed by atoms with Crippen LogP contribution in [0.2, 0.25) is 19.6 Å². The number of hydrogen-bond acceptors (Lipinski definition) is 3. The van der Waals surface area contributed by atoms with Crippen LogP contribution in [0.4, 0.5) is 0 Å². The van der Waals surface area contributed by atoms with Crippen molar-refractivity contribution in [3.05, 3.63) is 12.7 Å². The molecule has 14 heavy (non-hydrogen) atoms. The molecule has 0 saturated carbocycles. The lowest BCUT2D eigenvalue weighted by atomic mass is 10.2. The highest BCUT2D eigenvalue weighted by atomic mass is 28.3. The van der Waals surface area contributed by atoms with E-state index in [1.54, 1.807) is 6.08 Å². The highest BCUT2D eigenvalue weighted by Crippen LogP contribution is 2.01. The monoisotopic (exact) mass is 215 g/mol. The van der Waals surface area contributed by atoms with Crippen molar-refractivity contribution >= 4 is 14.0 Å². The third-order valence-corrected chi connectivity index (χ3v) is 3.03. The molecule has 0 aliphatic carbocycles. The summed E-state index contributed by atoms with van der Waals surface area (Å²) in [6, 6.07) is -0.232. The molecule has 0 aromatic rings. The third-order valence-electron chi connectivity index (χ3n) is 1.77. The number of rotatable bonds is 6. The first-order chi connectivity index (χ1) is 6.40. The Kier molecular flexibility index (Phi) is 5.72. The molecule has 0 aromatic carbocycles. The molecule has 0 aliphatic rings. The van der Waals surface area contributed by atoms with Gasteiger partial charge in [-0.05, 0) is 12.6 Å². The summed E-state index contributed by atoms with van der Waals surface area (Å²) < 4.78 is 4.70. The van der Waals surface area contributed by atoms with Crippen LogP contribution in [0.15, 0.2) is 12.7 Å². The number of esters is 1. The van der Waals surface area contributed by atoms with Gasteiger partial charge in [-0.2, -0.15) is 0 Å². The van der Waals surface area contributed by atoms with Crippen LogP contribution in [0.1, 0.15) is 6.42 Å². The maximum atomic E-state index is 11.3. The van der Waals surface area contributed by atoms with Crippen molar-refractivity contribution in [3.63, 3.8) is 0 Å². The number of nitrogens with one attached hydrogen (secondary N) is 1. The lowest BCUT2D eigenvalue weighted by Gasteiger charge is -2.21. The first-order valence-corrected chi connectivity index (χ1v) is 8.53. The molecule has 0 aliphatic heterocycles. The van der Waals surface area contributed by atoms with Crippen molar-refractivity contribution in [2.45, 2.75) is 32.1 Å². The van der Waals surface area contributed by atoms with Crippen LogP contribution in [0.5, 0.6) is 0 Å². The summed E-state index contributed by atoms with van der Waals surface area (Å²) in [5.41, 5.74) is 0. The zero-order chi connectivity index (χ0) is 11.2. The smallest absolute Gasteiger partial charge is 0.323 e. The number of hydrogen-bond donors (Lipinski definition) is 1. The van der Waals surface area contributed by atoms with Crippen LogP contribution < -0.4 is 5.32 Å². The van der Waals surface area contributed by atoms with Gasteiger partial charge < -0.3 is 10.1 Å². The normalized spacial score (nSPS) is 13.4. The third kappa shape index (κ3) is 5.94. The zero-order valence-electron chi connectivity index (χ0n) is 9.59. The van der Waals surface area contributed by atoms with Crippen LogP contribution in [-0.2, 0) is 9.53 Å². The second-order valence-electron chi connectivity index (χ2n) is 4.54. The molecule has 1 unspecified atom stereocenters. The van der Waals surface area contributed by atoms with Gasteiger partial charge in [-0.1, -0.05) is 25.7 Å². The van der Waals surface area contributed by atoms with Gasteiger partial charge >= 0.3 is 5.97 Å². The minimum atomic E-state index is -1.16. The maximum absolute atomic E-state index is 11.3. The molecular formula is C10H21NO2Si. The maximum Gasteiger partial charge on any atom is 0.323 e. The second kappa shape index (κ2) is 5.98. The van der Waals surface area contributed by atoms with Gasteiger partial charge in [0.05, 0.1) is 15.2 Å². The molecule has 0 heterocycles. The molecule has 4 heteroatoms. The summed E-state index contributed by atoms with van der Waals surface area (Å²) in [5, 5.41) is 3.23. The van der Waals surface area contributed by atoms with E-state index in [9.17, 15) is 4.79 Å². The predicted molar refractivity (Wildman–Crippen MR) is 62.0 cm³/mol. The summed E-state index contributed by atoms with van der Waals surface area (Å²) in [7, 11) is 0.251. The molecule has 0 spiro atoms. The average molecular weight is 215 g/mol. The van der Waals surface area contributed by atoms with Crippen molar-refractivity contribution in [2.24, 2.45) is 0 Å². The van der Waals surface area contributed by atoms with Crippen LogP contribution >= 0.6 is 0 Å². The molecule has 0 amide bonds. The summed E-state index contributed by atoms with van der Waals surface area (Å²) in [6.45, 7) is 10.4. The van der Waals surface area contributed by atoms with E-state index < -0.39 is 8.07 Å². The average Bonchev–Trinajstić information content (AvgIpc) is 2.09. The molecule has 0 radical (unpaired) electrons. The first kappa shape index (κ1) is 13.4. The number of carbonyl (C=O) groups excluding carboxylic acids is 1. The fourth-order valence-corrected chi connectivity index (χ4v) is 1.86. The quantitative estimate of drug-likeness (QED) is 0.415. The molecule has 1 atom stereocenters. The standard InChI is InChI=1S/C10H21NO2Si/c1-6-7-9(10(12)13-2)11-8-14(3,4)5/h6,9,11H,1,7-8H2,2-5H3. The van der Waals surface area contributed by atoms with E-state index >= 15 is 0 Å². The van der Waals surface area contributed by atoms with Gasteiger partial charge in [0.2, 0.25) is 0 Å². The molecule has 82 valence electrons. The van der Waals surface area contributed by atoms with Gasteiger partial charge in [0.15, 0.2) is 0 Å². The lowest BCUT2D eigenvalue weighted by Crippen LogP contribution is -2.45. The zero-order valence-corrected chi connectivity index (χ0v) is 10.6. The Labute approximate surface area is 87.5 Å². The Hall–Kier alpha value is -0.613. The molecule has 0 fully saturated rings. The van der Waals surface area contributed by atoms with Gasteiger partial charge in [-0.15, -0.1) is 6.58 Å². The Morgan fingerprint density at radius 3 is 2.50 bits per heavy atom. The molecule has 0 rings (SSSR count). The fraction of sp³-hybridized carbons (Fsp3) is 0.700. The largest absolute Gasteiger partial charge is 0.468 e. The van der Waals surface area contributed by atoms with Crippen molar-refractivity contribution in [1.29, 1.82) is 0 Å². The van der Waals surface area contributed by atoms with E-state index in [4.69, 9.17) is 4.74 Å². The Balaban J connectivity index is 4.10. The lowest BCUT2D eigenvalue weighted by molar-refractivity contribution is -0.142. The van der Waals surface area contributed by atoms with Crippen molar-refractivity contribution in [2.75, 3.05) is 13.3 Å². The summed E-state index contributed by atoms with van der Waals surface area (Å²) in [6.07, 6.45) is 3.27. The van der Waals surface area contributed by atoms with Crippen molar-refractivity contribution < 1.29 is 9.53 Å². The Morgan fingerprint density at radius 2 is 2.14 bits per heavy atom. The first-order valence-electron chi connectivity index (χ1n) is 4.83. The topological polar surface area (TPSA) is 38.3 Å². The number of carbonyl (C=O) groups is 1. The molecule has 0 bridgehead atoms. The number of methoxy groups -OCH3 is 1. The Morgan fingerprint density at radius 1 is 1.57 bits per heavy atom. The van der Waals surface area contributed by atoms with Gasteiger partial charge in [-0.25, -0.2) is 0 Å². The predicted octanol–water partition coefficient (Wildman–Crippen LogP) is 1.57. The summed E-state index contributed by atoms with van der Waals surface area (Å²) in [5.74, 6) is -0.205. The molecular weight excluding hydrogens is 194 g/mol. The van der Waals surface area contributed by atoms with E-state index in [-0.39, 0.29) is 12.0 Å². The van der Waals surface area contributed by atoms with Gasteiger partial charge in [0.25, 0.3) is 0 Å². The van der Waals surface area contributed by atoms with Crippen molar-refractivity contribution in [1.82, 2.24) is 5.32 Å². The van der Waals surface area contributed by atoms with Gasteiger partial charge in [0.1, 0.15) is 6.04 Å². The Bertz CT molecular complexity index is 199. The van der Waals surface area contributed by atoms with Gasteiger partial charge in [-0.3, -0.25) is 4.79 Å². The van der Waals surface area contributed by atoms with E-state index in [1.165, 1.54) is 7.11 Å². The molecule has 0 saturated heterocycles. The van der Waals surface area contributed by atoms with Gasteiger partial charge in [0, 0.05) is 0 Å². The van der Waals surface area contributed by atoms with Crippen LogP contribution in [0.3, 0.4) is 0 Å². The summed E-state index contributed by atoms with van der Waals surface area (Å²) in [4.78, 5) is 11.3. The van der Waals surface area contributed by atoms with Crippen molar-refractivity contribution in [3.8, 4) is 0 Å². The van der Waals surface area contributed by atoms with Crippen LogP contribution in [0, 0.1) is 0 Å². The molecule has 1 N–H and O–H groups in total. The van der Waals surface area contributed by atoms with Crippen LogP contribution in [0.25, 0.3) is 0 Å². The fourth-order valence-electron chi connectivity index (χ4n) is 1.00. The van der Waals surface area contributed by atoms with Crippen LogP contribution in [-0.4, -0.2) is 33.4 Å². The highest BCUT2D eigenvalue weighted by Gasteiger charge is 2.20. The minimum Gasteiger partial charge on any atom is -0.468 e. The molecule has 0 aromatic heterocycles. The van der Waals surface area contributed by atoms with E-state index in [2.05, 4.69) is 31.5 Å².